The monoisotopic (exact) mass is 512 g/mol. The minimum Gasteiger partial charge on any atom is -0.496 e. The van der Waals surface area contributed by atoms with Gasteiger partial charge >= 0.3 is 0 Å². The van der Waals surface area contributed by atoms with E-state index in [-0.39, 0.29) is 46.5 Å². The van der Waals surface area contributed by atoms with E-state index in [2.05, 4.69) is 20.3 Å². The number of amides is 1. The van der Waals surface area contributed by atoms with E-state index in [9.17, 15) is 18.7 Å². The van der Waals surface area contributed by atoms with Gasteiger partial charge < -0.3 is 29.4 Å². The lowest BCUT2D eigenvalue weighted by Gasteiger charge is -2.16. The second kappa shape index (κ2) is 11.0. The number of rotatable bonds is 9. The molecule has 12 heteroatoms. The van der Waals surface area contributed by atoms with Crippen LogP contribution in [0.1, 0.15) is 17.3 Å². The summed E-state index contributed by atoms with van der Waals surface area (Å²) in [5.41, 5.74) is 0.399. The summed E-state index contributed by atoms with van der Waals surface area (Å²) in [6, 6.07) is 6.21. The maximum Gasteiger partial charge on any atom is 0.261 e. The zero-order chi connectivity index (χ0) is 26.5. The summed E-state index contributed by atoms with van der Waals surface area (Å²) in [5, 5.41) is 11.7. The lowest BCUT2D eigenvalue weighted by molar-refractivity contribution is 0.102. The number of fused-ring (bicyclic) bond motifs is 1. The standard InChI is InChI=1S/C25H22F2N4O6/c1-13(12-32)36-25-21(35-3)10-18-22(31-25)20(5-7-29-18)37-23-16(26)8-14(9-17(23)27)30-24(33)15-11-28-6-4-19(15)34-2/h4-11,13,32H,12H2,1-3H3,(H,30,33)/t13-/m0/s1. The van der Waals surface area contributed by atoms with Crippen LogP contribution in [-0.2, 0) is 0 Å². The normalized spacial score (nSPS) is 11.6. The third-order valence-electron chi connectivity index (χ3n) is 5.11. The number of carbonyl (C=O) groups is 1. The van der Waals surface area contributed by atoms with Gasteiger partial charge in [0.2, 0.25) is 0 Å². The first kappa shape index (κ1) is 25.5. The molecule has 3 aromatic heterocycles. The summed E-state index contributed by atoms with van der Waals surface area (Å²) in [4.78, 5) is 24.9. The maximum absolute atomic E-state index is 14.9. The number of nitrogens with zero attached hydrogens (tertiary/aromatic N) is 3. The first-order valence-corrected chi connectivity index (χ1v) is 10.9. The van der Waals surface area contributed by atoms with E-state index >= 15 is 0 Å². The summed E-state index contributed by atoms with van der Waals surface area (Å²) in [6.07, 6.45) is 3.50. The summed E-state index contributed by atoms with van der Waals surface area (Å²) in [6.45, 7) is 1.35. The Labute approximate surface area is 209 Å². The van der Waals surface area contributed by atoms with Crippen LogP contribution in [-0.4, -0.2) is 52.9 Å². The third-order valence-corrected chi connectivity index (χ3v) is 5.11. The van der Waals surface area contributed by atoms with Crippen LogP contribution >= 0.6 is 0 Å². The van der Waals surface area contributed by atoms with Crippen molar-refractivity contribution >= 4 is 22.6 Å². The van der Waals surface area contributed by atoms with Crippen LogP contribution in [0.25, 0.3) is 11.0 Å². The number of pyridine rings is 3. The van der Waals surface area contributed by atoms with Crippen molar-refractivity contribution < 1.29 is 37.6 Å². The third kappa shape index (κ3) is 5.48. The van der Waals surface area contributed by atoms with Gasteiger partial charge in [0.15, 0.2) is 28.9 Å². The van der Waals surface area contributed by atoms with Crippen molar-refractivity contribution in [1.82, 2.24) is 15.0 Å². The first-order valence-electron chi connectivity index (χ1n) is 10.9. The van der Waals surface area contributed by atoms with Crippen LogP contribution < -0.4 is 24.3 Å². The zero-order valence-corrected chi connectivity index (χ0v) is 20.0. The number of hydrogen-bond acceptors (Lipinski definition) is 9. The highest BCUT2D eigenvalue weighted by molar-refractivity contribution is 6.06. The molecule has 1 aromatic carbocycles. The minimum atomic E-state index is -1.07. The van der Waals surface area contributed by atoms with Crippen LogP contribution in [0.4, 0.5) is 14.5 Å². The van der Waals surface area contributed by atoms with Gasteiger partial charge in [0, 0.05) is 48.5 Å². The molecule has 10 nitrogen and oxygen atoms in total. The second-order valence-electron chi connectivity index (χ2n) is 7.68. The second-order valence-corrected chi connectivity index (χ2v) is 7.68. The lowest BCUT2D eigenvalue weighted by Crippen LogP contribution is -2.17. The molecule has 37 heavy (non-hydrogen) atoms. The Morgan fingerprint density at radius 3 is 2.43 bits per heavy atom. The van der Waals surface area contributed by atoms with Crippen LogP contribution in [0.3, 0.4) is 0 Å². The Hall–Kier alpha value is -4.58. The molecule has 192 valence electrons. The number of ether oxygens (including phenoxy) is 4. The summed E-state index contributed by atoms with van der Waals surface area (Å²) in [7, 11) is 2.79. The minimum absolute atomic E-state index is 0.0103. The number of anilines is 1. The van der Waals surface area contributed by atoms with Crippen molar-refractivity contribution in [3.63, 3.8) is 0 Å². The molecule has 0 spiro atoms. The van der Waals surface area contributed by atoms with Gasteiger partial charge in [-0.15, -0.1) is 0 Å². The average Bonchev–Trinajstić information content (AvgIpc) is 2.90. The Morgan fingerprint density at radius 1 is 1.05 bits per heavy atom. The molecule has 3 heterocycles. The summed E-state index contributed by atoms with van der Waals surface area (Å²) >= 11 is 0. The number of hydrogen-bond donors (Lipinski definition) is 2. The highest BCUT2D eigenvalue weighted by atomic mass is 19.1. The van der Waals surface area contributed by atoms with E-state index in [1.165, 1.54) is 51.0 Å². The van der Waals surface area contributed by atoms with Gasteiger partial charge in [0.05, 0.1) is 31.9 Å². The average molecular weight is 512 g/mol. The Bertz CT molecular complexity index is 1430. The predicted octanol–water partition coefficient (Wildman–Crippen LogP) is 4.12. The molecule has 0 aliphatic rings. The molecule has 0 unspecified atom stereocenters. The summed E-state index contributed by atoms with van der Waals surface area (Å²) in [5.74, 6) is -3.00. The van der Waals surface area contributed by atoms with E-state index in [0.29, 0.717) is 5.52 Å². The van der Waals surface area contributed by atoms with Crippen LogP contribution in [0.5, 0.6) is 28.9 Å². The van der Waals surface area contributed by atoms with Crippen molar-refractivity contribution in [2.45, 2.75) is 13.0 Å². The smallest absolute Gasteiger partial charge is 0.261 e. The molecular formula is C25H22F2N4O6. The summed E-state index contributed by atoms with van der Waals surface area (Å²) < 4.78 is 51.4. The molecule has 1 amide bonds. The van der Waals surface area contributed by atoms with Crippen molar-refractivity contribution in [3.8, 4) is 28.9 Å². The quantitative estimate of drug-likeness (QED) is 0.341. The van der Waals surface area contributed by atoms with Crippen molar-refractivity contribution in [3.05, 3.63) is 66.1 Å². The number of aromatic nitrogens is 3. The number of nitrogens with one attached hydrogen (secondary N) is 1. The molecule has 2 N–H and O–H groups in total. The van der Waals surface area contributed by atoms with Gasteiger partial charge in [0.25, 0.3) is 11.8 Å². The molecule has 0 saturated carbocycles. The van der Waals surface area contributed by atoms with Crippen LogP contribution in [0, 0.1) is 11.6 Å². The highest BCUT2D eigenvalue weighted by Gasteiger charge is 2.20. The Kier molecular flexibility index (Phi) is 7.58. The van der Waals surface area contributed by atoms with Gasteiger partial charge in [-0.05, 0) is 13.0 Å². The maximum atomic E-state index is 14.9. The van der Waals surface area contributed by atoms with E-state index in [0.717, 1.165) is 12.1 Å². The highest BCUT2D eigenvalue weighted by Crippen LogP contribution is 2.36. The Morgan fingerprint density at radius 2 is 1.76 bits per heavy atom. The fraction of sp³-hybridized carbons (Fsp3) is 0.200. The number of benzene rings is 1. The fourth-order valence-electron chi connectivity index (χ4n) is 3.32. The molecule has 4 aromatic rings. The molecule has 0 aliphatic heterocycles. The molecule has 0 radical (unpaired) electrons. The van der Waals surface area contributed by atoms with Crippen molar-refractivity contribution in [2.75, 3.05) is 26.1 Å². The van der Waals surface area contributed by atoms with E-state index in [1.807, 2.05) is 0 Å². The lowest BCUT2D eigenvalue weighted by atomic mass is 10.2. The molecule has 4 rings (SSSR count). The number of halogens is 2. The predicted molar refractivity (Wildman–Crippen MR) is 128 cm³/mol. The van der Waals surface area contributed by atoms with Gasteiger partial charge in [-0.2, -0.15) is 0 Å². The molecule has 0 aliphatic carbocycles. The van der Waals surface area contributed by atoms with Crippen molar-refractivity contribution in [2.24, 2.45) is 0 Å². The Balaban J connectivity index is 1.65. The zero-order valence-electron chi connectivity index (χ0n) is 20.0. The molecule has 0 bridgehead atoms. The topological polar surface area (TPSA) is 125 Å². The van der Waals surface area contributed by atoms with E-state index in [1.54, 1.807) is 6.92 Å². The van der Waals surface area contributed by atoms with Crippen molar-refractivity contribution in [1.29, 1.82) is 0 Å². The van der Waals surface area contributed by atoms with Gasteiger partial charge in [-0.3, -0.25) is 14.8 Å². The van der Waals surface area contributed by atoms with Gasteiger partial charge in [-0.1, -0.05) is 0 Å². The number of aliphatic hydroxyl groups excluding tert-OH is 1. The molecule has 0 saturated heterocycles. The number of methoxy groups -OCH3 is 2. The first-order chi connectivity index (χ1) is 17.8. The van der Waals surface area contributed by atoms with Crippen LogP contribution in [0.15, 0.2) is 48.9 Å². The van der Waals surface area contributed by atoms with Crippen LogP contribution in [0.2, 0.25) is 0 Å². The van der Waals surface area contributed by atoms with E-state index < -0.39 is 29.4 Å². The molecule has 0 fully saturated rings. The molecule has 1 atom stereocenters. The number of carbonyl (C=O) groups excluding carboxylic acids is 1. The SMILES string of the molecule is COc1ccncc1C(=O)Nc1cc(F)c(Oc2ccnc3cc(OC)c(O[C@@H](C)CO)nc23)c(F)c1. The van der Waals surface area contributed by atoms with Gasteiger partial charge in [-0.25, -0.2) is 13.8 Å². The molecular weight excluding hydrogens is 490 g/mol. The fourth-order valence-corrected chi connectivity index (χ4v) is 3.32. The number of aliphatic hydroxyl groups is 1. The largest absolute Gasteiger partial charge is 0.496 e. The van der Waals surface area contributed by atoms with E-state index in [4.69, 9.17) is 18.9 Å². The van der Waals surface area contributed by atoms with Gasteiger partial charge in [0.1, 0.15) is 17.4 Å².